The fourth-order valence-corrected chi connectivity index (χ4v) is 3.08. The molecule has 1 saturated heterocycles. The molecule has 2 amide bonds. The van der Waals surface area contributed by atoms with Crippen molar-refractivity contribution in [2.75, 3.05) is 51.2 Å². The van der Waals surface area contributed by atoms with E-state index in [1.165, 1.54) is 9.80 Å². The molecule has 7 nitrogen and oxygen atoms in total. The van der Waals surface area contributed by atoms with Crippen LogP contribution in [0, 0.1) is 0 Å². The molecule has 1 aliphatic heterocycles. The van der Waals surface area contributed by atoms with Gasteiger partial charge < -0.3 is 25.1 Å². The maximum absolute atomic E-state index is 12.4. The van der Waals surface area contributed by atoms with Crippen LogP contribution in [0.15, 0.2) is 24.3 Å². The van der Waals surface area contributed by atoms with Crippen molar-refractivity contribution < 1.29 is 19.6 Å². The van der Waals surface area contributed by atoms with Crippen molar-refractivity contribution in [2.24, 2.45) is 0 Å². The van der Waals surface area contributed by atoms with Crippen LogP contribution in [0.1, 0.15) is 20.8 Å². The summed E-state index contributed by atoms with van der Waals surface area (Å²) in [5.41, 5.74) is 0.541. The lowest BCUT2D eigenvalue weighted by Crippen LogP contribution is -3.15. The van der Waals surface area contributed by atoms with Gasteiger partial charge in [0.2, 0.25) is 5.91 Å². The quantitative estimate of drug-likeness (QED) is 0.657. The number of amides is 2. The Morgan fingerprint density at radius 3 is 2.42 bits per heavy atom. The summed E-state index contributed by atoms with van der Waals surface area (Å²) in [7, 11) is 1.67. The molecule has 7 heteroatoms. The number of likely N-dealkylation sites (N-methyl/N-ethyl adjacent to an activating group) is 1. The van der Waals surface area contributed by atoms with Crippen molar-refractivity contribution in [3.8, 4) is 5.75 Å². The van der Waals surface area contributed by atoms with E-state index in [2.05, 4.69) is 10.2 Å². The van der Waals surface area contributed by atoms with E-state index in [1.807, 2.05) is 39.0 Å². The van der Waals surface area contributed by atoms with Gasteiger partial charge in [-0.05, 0) is 32.9 Å². The van der Waals surface area contributed by atoms with Crippen LogP contribution in [0.3, 0.4) is 0 Å². The zero-order chi connectivity index (χ0) is 19.3. The number of quaternary nitrogens is 1. The molecule has 1 aromatic rings. The van der Waals surface area contributed by atoms with Gasteiger partial charge in [-0.3, -0.25) is 9.59 Å². The first kappa shape index (κ1) is 20.0. The molecule has 1 aliphatic rings. The van der Waals surface area contributed by atoms with Crippen molar-refractivity contribution in [1.29, 1.82) is 0 Å². The number of rotatable bonds is 5. The maximum Gasteiger partial charge on any atom is 0.277 e. The van der Waals surface area contributed by atoms with Gasteiger partial charge >= 0.3 is 0 Å². The Bertz CT molecular complexity index is 634. The number of phenols is 1. The number of phenolic OH excluding ortho intramolecular Hbond substituents is 1. The van der Waals surface area contributed by atoms with Crippen molar-refractivity contribution in [3.63, 3.8) is 0 Å². The van der Waals surface area contributed by atoms with Crippen LogP contribution in [0.2, 0.25) is 0 Å². The lowest BCUT2D eigenvalue weighted by atomic mass is 10.1. The molecule has 1 fully saturated rings. The molecule has 0 aromatic heterocycles. The Balaban J connectivity index is 1.79. The van der Waals surface area contributed by atoms with E-state index in [-0.39, 0.29) is 29.6 Å². The number of hydrogen-bond acceptors (Lipinski definition) is 4. The highest BCUT2D eigenvalue weighted by atomic mass is 16.3. The first-order valence-corrected chi connectivity index (χ1v) is 9.07. The van der Waals surface area contributed by atoms with Crippen molar-refractivity contribution in [1.82, 2.24) is 10.2 Å². The number of carbonyl (C=O) groups is 2. The van der Waals surface area contributed by atoms with Crippen LogP contribution in [0.4, 0.5) is 5.69 Å². The maximum atomic E-state index is 12.4. The third kappa shape index (κ3) is 5.91. The summed E-state index contributed by atoms with van der Waals surface area (Å²) >= 11 is 0. The second-order valence-electron chi connectivity index (χ2n) is 7.95. The smallest absolute Gasteiger partial charge is 0.277 e. The summed E-state index contributed by atoms with van der Waals surface area (Å²) in [6.45, 7) is 9.43. The highest BCUT2D eigenvalue weighted by molar-refractivity contribution is 5.85. The monoisotopic (exact) mass is 363 g/mol. The van der Waals surface area contributed by atoms with Crippen LogP contribution >= 0.6 is 0 Å². The molecule has 0 atom stereocenters. The summed E-state index contributed by atoms with van der Waals surface area (Å²) < 4.78 is 0. The van der Waals surface area contributed by atoms with Gasteiger partial charge in [0.05, 0.1) is 38.4 Å². The third-order valence-electron chi connectivity index (χ3n) is 4.42. The second kappa shape index (κ2) is 8.40. The molecule has 0 bridgehead atoms. The Labute approximate surface area is 155 Å². The van der Waals surface area contributed by atoms with Gasteiger partial charge in [-0.15, -0.1) is 0 Å². The van der Waals surface area contributed by atoms with E-state index in [4.69, 9.17) is 0 Å². The molecule has 0 unspecified atom stereocenters. The summed E-state index contributed by atoms with van der Waals surface area (Å²) in [4.78, 5) is 29.2. The van der Waals surface area contributed by atoms with Gasteiger partial charge in [0.1, 0.15) is 5.75 Å². The Morgan fingerprint density at radius 2 is 1.85 bits per heavy atom. The lowest BCUT2D eigenvalue weighted by molar-refractivity contribution is -0.892. The Kier molecular flexibility index (Phi) is 6.47. The third-order valence-corrected chi connectivity index (χ3v) is 4.42. The molecule has 1 aromatic carbocycles. The first-order chi connectivity index (χ1) is 12.2. The van der Waals surface area contributed by atoms with Gasteiger partial charge in [-0.1, -0.05) is 12.1 Å². The number of nitrogens with one attached hydrogen (secondary N) is 2. The number of piperazine rings is 1. The van der Waals surface area contributed by atoms with E-state index in [0.29, 0.717) is 6.54 Å². The summed E-state index contributed by atoms with van der Waals surface area (Å²) in [5.74, 6) is 0.115. The summed E-state index contributed by atoms with van der Waals surface area (Å²) in [5, 5.41) is 12.8. The van der Waals surface area contributed by atoms with Gasteiger partial charge in [-0.2, -0.15) is 0 Å². The van der Waals surface area contributed by atoms with Crippen molar-refractivity contribution in [2.45, 2.75) is 26.3 Å². The highest BCUT2D eigenvalue weighted by Gasteiger charge is 2.25. The average molecular weight is 363 g/mol. The molecule has 26 heavy (non-hydrogen) atoms. The van der Waals surface area contributed by atoms with E-state index in [0.717, 1.165) is 31.9 Å². The van der Waals surface area contributed by atoms with Crippen molar-refractivity contribution in [3.05, 3.63) is 24.3 Å². The fraction of sp³-hybridized carbons (Fsp3) is 0.579. The zero-order valence-electron chi connectivity index (χ0n) is 16.2. The lowest BCUT2D eigenvalue weighted by Gasteiger charge is -2.34. The topological polar surface area (TPSA) is 77.3 Å². The van der Waals surface area contributed by atoms with Crippen LogP contribution in [-0.2, 0) is 9.59 Å². The summed E-state index contributed by atoms with van der Waals surface area (Å²) in [6.07, 6.45) is 0. The molecule has 144 valence electrons. The minimum absolute atomic E-state index is 0.0277. The van der Waals surface area contributed by atoms with Crippen LogP contribution in [-0.4, -0.2) is 73.7 Å². The minimum atomic E-state index is -0.300. The van der Waals surface area contributed by atoms with E-state index in [1.54, 1.807) is 13.1 Å². The number of aromatic hydroxyl groups is 1. The molecule has 0 aliphatic carbocycles. The number of anilines is 1. The first-order valence-electron chi connectivity index (χ1n) is 9.07. The largest absolute Gasteiger partial charge is 0.506 e. The van der Waals surface area contributed by atoms with E-state index >= 15 is 0 Å². The van der Waals surface area contributed by atoms with Crippen LogP contribution < -0.4 is 15.1 Å². The predicted molar refractivity (Wildman–Crippen MR) is 101 cm³/mol. The molecule has 0 saturated carbocycles. The van der Waals surface area contributed by atoms with Crippen LogP contribution in [0.25, 0.3) is 0 Å². The average Bonchev–Trinajstić information content (AvgIpc) is 2.54. The molecule has 0 radical (unpaired) electrons. The summed E-state index contributed by atoms with van der Waals surface area (Å²) in [6, 6.07) is 7.32. The van der Waals surface area contributed by atoms with Gasteiger partial charge in [0, 0.05) is 12.6 Å². The molecule has 2 rings (SSSR count). The zero-order valence-corrected chi connectivity index (χ0v) is 16.2. The highest BCUT2D eigenvalue weighted by Crippen LogP contribution is 2.25. The number of carbonyl (C=O) groups excluding carboxylic acids is 2. The van der Waals surface area contributed by atoms with Crippen molar-refractivity contribution >= 4 is 17.5 Å². The molecule has 0 spiro atoms. The standard InChI is InChI=1S/C19H30N4O3/c1-19(2,3)20-17(25)13-21(4)18(26)14-22-9-11-23(12-10-22)15-7-5-6-8-16(15)24/h5-8,24H,9-14H2,1-4H3,(H,20,25)/p+1. The molecular formula is C19H31N4O3+. The number of benzene rings is 1. The Hall–Kier alpha value is -2.28. The molecule has 1 heterocycles. The van der Waals surface area contributed by atoms with Crippen LogP contribution in [0.5, 0.6) is 5.75 Å². The second-order valence-corrected chi connectivity index (χ2v) is 7.95. The van der Waals surface area contributed by atoms with E-state index < -0.39 is 0 Å². The van der Waals surface area contributed by atoms with E-state index in [9.17, 15) is 14.7 Å². The normalized spacial score (nSPS) is 15.6. The predicted octanol–water partition coefficient (Wildman–Crippen LogP) is -0.530. The molecular weight excluding hydrogens is 332 g/mol. The fourth-order valence-electron chi connectivity index (χ4n) is 3.08. The Morgan fingerprint density at radius 1 is 1.23 bits per heavy atom. The number of para-hydroxylation sites is 2. The SMILES string of the molecule is CN(CC(=O)NC(C)(C)C)C(=O)C[NH+]1CCN(c2ccccc2O)CC1. The van der Waals surface area contributed by atoms with Gasteiger partial charge in [0.25, 0.3) is 5.91 Å². The van der Waals surface area contributed by atoms with Gasteiger partial charge in [0.15, 0.2) is 6.54 Å². The number of hydrogen-bond donors (Lipinski definition) is 3. The molecule has 3 N–H and O–H groups in total. The number of nitrogens with zero attached hydrogens (tertiary/aromatic N) is 2. The minimum Gasteiger partial charge on any atom is -0.506 e. The van der Waals surface area contributed by atoms with Gasteiger partial charge in [-0.25, -0.2) is 0 Å².